The van der Waals surface area contributed by atoms with Crippen molar-refractivity contribution >= 4 is 39.1 Å². The lowest BCUT2D eigenvalue weighted by molar-refractivity contribution is 0.554. The number of hydrogen-bond acceptors (Lipinski definition) is 1. The molecule has 2 aromatic rings. The molecule has 0 bridgehead atoms. The molecule has 0 aliphatic heterocycles. The van der Waals surface area contributed by atoms with E-state index in [2.05, 4.69) is 21.2 Å². The van der Waals surface area contributed by atoms with E-state index in [1.54, 1.807) is 18.2 Å². The molecule has 2 aromatic carbocycles. The van der Waals surface area contributed by atoms with Crippen molar-refractivity contribution in [2.24, 2.45) is 0 Å². The van der Waals surface area contributed by atoms with Crippen LogP contribution in [0.3, 0.4) is 0 Å². The summed E-state index contributed by atoms with van der Waals surface area (Å²) in [6.45, 7) is 0. The standard InChI is InChI=1S/C15H13BrCl2FN/c1-20-15(10-5-12(17)8-13(18)6-10)7-9-4-11(16)2-3-14(9)19/h2-6,8,15,20H,7H2,1H3. The van der Waals surface area contributed by atoms with Gasteiger partial charge in [-0.2, -0.15) is 0 Å². The first-order valence-corrected chi connectivity index (χ1v) is 7.61. The highest BCUT2D eigenvalue weighted by atomic mass is 79.9. The van der Waals surface area contributed by atoms with Crippen molar-refractivity contribution in [3.8, 4) is 0 Å². The molecule has 5 heteroatoms. The minimum absolute atomic E-state index is 0.0602. The molecule has 1 atom stereocenters. The molecule has 0 spiro atoms. The van der Waals surface area contributed by atoms with Crippen LogP contribution in [-0.2, 0) is 6.42 Å². The summed E-state index contributed by atoms with van der Waals surface area (Å²) in [4.78, 5) is 0. The lowest BCUT2D eigenvalue weighted by atomic mass is 9.98. The first kappa shape index (κ1) is 15.8. The van der Waals surface area contributed by atoms with Crippen molar-refractivity contribution in [2.75, 3.05) is 7.05 Å². The highest BCUT2D eigenvalue weighted by Crippen LogP contribution is 2.27. The van der Waals surface area contributed by atoms with E-state index >= 15 is 0 Å². The first-order valence-electron chi connectivity index (χ1n) is 6.07. The van der Waals surface area contributed by atoms with Gasteiger partial charge in [-0.05, 0) is 61.0 Å². The summed E-state index contributed by atoms with van der Waals surface area (Å²) in [5, 5.41) is 4.31. The Labute approximate surface area is 136 Å². The topological polar surface area (TPSA) is 12.0 Å². The smallest absolute Gasteiger partial charge is 0.126 e. The minimum Gasteiger partial charge on any atom is -0.313 e. The second-order valence-corrected chi connectivity index (χ2v) is 6.27. The van der Waals surface area contributed by atoms with Gasteiger partial charge in [0.15, 0.2) is 0 Å². The number of nitrogens with one attached hydrogen (secondary N) is 1. The molecule has 1 N–H and O–H groups in total. The van der Waals surface area contributed by atoms with Crippen LogP contribution in [0.5, 0.6) is 0 Å². The van der Waals surface area contributed by atoms with E-state index in [0.29, 0.717) is 22.0 Å². The van der Waals surface area contributed by atoms with Crippen molar-refractivity contribution < 1.29 is 4.39 Å². The van der Waals surface area contributed by atoms with Crippen molar-refractivity contribution in [1.82, 2.24) is 5.32 Å². The summed E-state index contributed by atoms with van der Waals surface area (Å²) in [5.41, 5.74) is 1.57. The quantitative estimate of drug-likeness (QED) is 0.753. The molecule has 20 heavy (non-hydrogen) atoms. The molecule has 1 unspecified atom stereocenters. The van der Waals surface area contributed by atoms with Gasteiger partial charge < -0.3 is 5.32 Å². The number of benzene rings is 2. The van der Waals surface area contributed by atoms with Gasteiger partial charge in [0.1, 0.15) is 5.82 Å². The number of halogens is 4. The second-order valence-electron chi connectivity index (χ2n) is 4.48. The molecule has 0 saturated heterocycles. The molecule has 0 amide bonds. The maximum atomic E-state index is 13.8. The Kier molecular flexibility index (Phi) is 5.44. The average Bonchev–Trinajstić information content (AvgIpc) is 2.38. The maximum Gasteiger partial charge on any atom is 0.126 e. The summed E-state index contributed by atoms with van der Waals surface area (Å²) < 4.78 is 14.7. The third kappa shape index (κ3) is 3.95. The van der Waals surface area contributed by atoms with E-state index in [1.807, 2.05) is 19.2 Å². The fourth-order valence-corrected chi connectivity index (χ4v) is 3.03. The largest absolute Gasteiger partial charge is 0.313 e. The van der Waals surface area contributed by atoms with Gasteiger partial charge in [0, 0.05) is 20.6 Å². The Morgan fingerprint density at radius 1 is 1.15 bits per heavy atom. The third-order valence-electron chi connectivity index (χ3n) is 3.07. The van der Waals surface area contributed by atoms with E-state index in [4.69, 9.17) is 23.2 Å². The molecule has 106 valence electrons. The average molecular weight is 377 g/mol. The fraction of sp³-hybridized carbons (Fsp3) is 0.200. The van der Waals surface area contributed by atoms with Gasteiger partial charge in [0.05, 0.1) is 0 Å². The van der Waals surface area contributed by atoms with E-state index in [0.717, 1.165) is 10.0 Å². The second kappa shape index (κ2) is 6.90. The number of rotatable bonds is 4. The number of likely N-dealkylation sites (N-methyl/N-ethyl adjacent to an activating group) is 1. The van der Waals surface area contributed by atoms with Gasteiger partial charge in [0.25, 0.3) is 0 Å². The highest BCUT2D eigenvalue weighted by molar-refractivity contribution is 9.10. The van der Waals surface area contributed by atoms with Crippen LogP contribution in [0.1, 0.15) is 17.2 Å². The van der Waals surface area contributed by atoms with Crippen molar-refractivity contribution in [3.63, 3.8) is 0 Å². The SMILES string of the molecule is CNC(Cc1cc(Br)ccc1F)c1cc(Cl)cc(Cl)c1. The van der Waals surface area contributed by atoms with Gasteiger partial charge in [-0.1, -0.05) is 39.1 Å². The zero-order chi connectivity index (χ0) is 14.7. The molecular formula is C15H13BrCl2FN. The molecule has 0 radical (unpaired) electrons. The lowest BCUT2D eigenvalue weighted by Gasteiger charge is -2.18. The molecule has 0 aromatic heterocycles. The zero-order valence-electron chi connectivity index (χ0n) is 10.8. The summed E-state index contributed by atoms with van der Waals surface area (Å²) >= 11 is 15.4. The van der Waals surface area contributed by atoms with Crippen LogP contribution < -0.4 is 5.32 Å². The molecule has 1 nitrogen and oxygen atoms in total. The number of hydrogen-bond donors (Lipinski definition) is 1. The van der Waals surface area contributed by atoms with Crippen LogP contribution in [0.2, 0.25) is 10.0 Å². The summed E-state index contributed by atoms with van der Waals surface area (Å²) in [5.74, 6) is -0.221. The zero-order valence-corrected chi connectivity index (χ0v) is 13.9. The van der Waals surface area contributed by atoms with E-state index < -0.39 is 0 Å². The molecule has 2 rings (SSSR count). The van der Waals surface area contributed by atoms with Crippen molar-refractivity contribution in [1.29, 1.82) is 0 Å². The van der Waals surface area contributed by atoms with Crippen LogP contribution in [0.4, 0.5) is 4.39 Å². The Hall–Kier alpha value is -0.610. The first-order chi connectivity index (χ1) is 9.49. The van der Waals surface area contributed by atoms with Gasteiger partial charge in [-0.3, -0.25) is 0 Å². The van der Waals surface area contributed by atoms with Crippen LogP contribution in [0.25, 0.3) is 0 Å². The molecule has 0 heterocycles. The predicted molar refractivity (Wildman–Crippen MR) is 86.1 cm³/mol. The highest BCUT2D eigenvalue weighted by Gasteiger charge is 2.14. The summed E-state index contributed by atoms with van der Waals surface area (Å²) in [6.07, 6.45) is 0.512. The Bertz CT molecular complexity index is 599. The van der Waals surface area contributed by atoms with E-state index in [-0.39, 0.29) is 11.9 Å². The van der Waals surface area contributed by atoms with E-state index in [1.165, 1.54) is 6.07 Å². The third-order valence-corrected chi connectivity index (χ3v) is 4.00. The van der Waals surface area contributed by atoms with Crippen LogP contribution >= 0.6 is 39.1 Å². The van der Waals surface area contributed by atoms with Crippen molar-refractivity contribution in [3.05, 3.63) is 67.9 Å². The van der Waals surface area contributed by atoms with Crippen LogP contribution in [0.15, 0.2) is 40.9 Å². The minimum atomic E-state index is -0.221. The van der Waals surface area contributed by atoms with Gasteiger partial charge in [-0.25, -0.2) is 4.39 Å². The van der Waals surface area contributed by atoms with Crippen LogP contribution in [-0.4, -0.2) is 7.05 Å². The Balaban J connectivity index is 2.30. The van der Waals surface area contributed by atoms with Gasteiger partial charge >= 0.3 is 0 Å². The molecule has 0 aliphatic carbocycles. The molecular weight excluding hydrogens is 364 g/mol. The normalized spacial score (nSPS) is 12.4. The van der Waals surface area contributed by atoms with E-state index in [9.17, 15) is 4.39 Å². The monoisotopic (exact) mass is 375 g/mol. The maximum absolute atomic E-state index is 13.8. The lowest BCUT2D eigenvalue weighted by Crippen LogP contribution is -2.19. The summed E-state index contributed by atoms with van der Waals surface area (Å²) in [6, 6.07) is 10.2. The Morgan fingerprint density at radius 3 is 2.40 bits per heavy atom. The summed E-state index contributed by atoms with van der Waals surface area (Å²) in [7, 11) is 1.83. The Morgan fingerprint density at radius 2 is 1.80 bits per heavy atom. The van der Waals surface area contributed by atoms with Gasteiger partial charge in [0.2, 0.25) is 0 Å². The van der Waals surface area contributed by atoms with Crippen LogP contribution in [0, 0.1) is 5.82 Å². The van der Waals surface area contributed by atoms with Crippen molar-refractivity contribution in [2.45, 2.75) is 12.5 Å². The molecule has 0 fully saturated rings. The predicted octanol–water partition coefficient (Wildman–Crippen LogP) is 5.40. The fourth-order valence-electron chi connectivity index (χ4n) is 2.08. The molecule has 0 aliphatic rings. The van der Waals surface area contributed by atoms with Gasteiger partial charge in [-0.15, -0.1) is 0 Å². The molecule has 0 saturated carbocycles.